The third-order valence-corrected chi connectivity index (χ3v) is 3.87. The van der Waals surface area contributed by atoms with Gasteiger partial charge in [0.05, 0.1) is 0 Å². The molecule has 1 atom stereocenters. The second kappa shape index (κ2) is 8.97. The topological polar surface area (TPSA) is 66.4 Å². The number of carboxylic acid groups (broad SMARTS) is 1. The molecule has 1 unspecified atom stereocenters. The van der Waals surface area contributed by atoms with Gasteiger partial charge in [0.25, 0.3) is 0 Å². The Bertz CT molecular complexity index is 728. The molecular weight excluding hydrogens is 321 g/mol. The van der Waals surface area contributed by atoms with Gasteiger partial charge in [0, 0.05) is 18.5 Å². The van der Waals surface area contributed by atoms with E-state index in [0.29, 0.717) is 24.9 Å². The Hall–Kier alpha value is -2.69. The maximum atomic E-state index is 13.2. The van der Waals surface area contributed by atoms with Crippen LogP contribution in [-0.2, 0) is 22.4 Å². The number of hydrogen-bond acceptors (Lipinski definition) is 2. The summed E-state index contributed by atoms with van der Waals surface area (Å²) < 4.78 is 13.2. The van der Waals surface area contributed by atoms with Crippen LogP contribution in [-0.4, -0.2) is 17.0 Å². The molecule has 25 heavy (non-hydrogen) atoms. The molecule has 0 radical (unpaired) electrons. The quantitative estimate of drug-likeness (QED) is 0.760. The van der Waals surface area contributed by atoms with Crippen molar-refractivity contribution < 1.29 is 19.1 Å². The zero-order valence-corrected chi connectivity index (χ0v) is 14.2. The third kappa shape index (κ3) is 6.75. The number of rotatable bonds is 8. The van der Waals surface area contributed by atoms with Crippen LogP contribution in [0.3, 0.4) is 0 Å². The minimum Gasteiger partial charge on any atom is -0.481 e. The molecule has 0 bridgehead atoms. The number of amides is 1. The first-order chi connectivity index (χ1) is 11.9. The molecular formula is C20H22FNO3. The Balaban J connectivity index is 1.82. The molecule has 132 valence electrons. The maximum Gasteiger partial charge on any atom is 0.303 e. The van der Waals surface area contributed by atoms with Gasteiger partial charge in [-0.2, -0.15) is 0 Å². The first-order valence-corrected chi connectivity index (χ1v) is 8.27. The highest BCUT2D eigenvalue weighted by Gasteiger charge is 2.11. The van der Waals surface area contributed by atoms with E-state index in [4.69, 9.17) is 5.11 Å². The Kier molecular flexibility index (Phi) is 6.69. The van der Waals surface area contributed by atoms with Crippen LogP contribution in [0.2, 0.25) is 0 Å². The Morgan fingerprint density at radius 2 is 1.84 bits per heavy atom. The lowest BCUT2D eigenvalue weighted by molar-refractivity contribution is -0.137. The van der Waals surface area contributed by atoms with Crippen molar-refractivity contribution in [1.82, 2.24) is 0 Å². The van der Waals surface area contributed by atoms with Gasteiger partial charge in [0.2, 0.25) is 5.91 Å². The molecule has 0 aliphatic rings. The number of hydrogen-bond donors (Lipinski definition) is 2. The predicted molar refractivity (Wildman–Crippen MR) is 94.9 cm³/mol. The summed E-state index contributed by atoms with van der Waals surface area (Å²) in [5.41, 5.74) is 2.48. The zero-order valence-electron chi connectivity index (χ0n) is 14.2. The summed E-state index contributed by atoms with van der Waals surface area (Å²) in [4.78, 5) is 22.7. The molecule has 2 N–H and O–H groups in total. The van der Waals surface area contributed by atoms with Crippen LogP contribution >= 0.6 is 0 Å². The zero-order chi connectivity index (χ0) is 18.2. The molecule has 0 spiro atoms. The Morgan fingerprint density at radius 3 is 2.48 bits per heavy atom. The molecule has 2 aromatic rings. The van der Waals surface area contributed by atoms with Crippen LogP contribution in [0.25, 0.3) is 0 Å². The third-order valence-electron chi connectivity index (χ3n) is 3.87. The molecule has 0 heterocycles. The van der Waals surface area contributed by atoms with Gasteiger partial charge >= 0.3 is 5.97 Å². The number of aliphatic carboxylic acids is 1. The number of nitrogens with one attached hydrogen (secondary N) is 1. The molecule has 2 rings (SSSR count). The average Bonchev–Trinajstić information content (AvgIpc) is 2.53. The van der Waals surface area contributed by atoms with Crippen LogP contribution in [0, 0.1) is 11.7 Å². The molecule has 4 nitrogen and oxygen atoms in total. The minimum atomic E-state index is -0.829. The van der Waals surface area contributed by atoms with Crippen LogP contribution in [0.15, 0.2) is 48.5 Å². The fourth-order valence-electron chi connectivity index (χ4n) is 2.67. The highest BCUT2D eigenvalue weighted by atomic mass is 19.1. The Labute approximate surface area is 146 Å². The summed E-state index contributed by atoms with van der Waals surface area (Å²) in [7, 11) is 0. The van der Waals surface area contributed by atoms with Gasteiger partial charge in [-0.15, -0.1) is 0 Å². The molecule has 1 amide bonds. The predicted octanol–water partition coefficient (Wildman–Crippen LogP) is 4.05. The summed E-state index contributed by atoms with van der Waals surface area (Å²) in [6.07, 6.45) is 1.54. The number of anilines is 1. The molecule has 0 saturated carbocycles. The highest BCUT2D eigenvalue weighted by Crippen LogP contribution is 2.16. The second-order valence-electron chi connectivity index (χ2n) is 6.28. The molecule has 0 aliphatic heterocycles. The minimum absolute atomic E-state index is 0.0866. The van der Waals surface area contributed by atoms with Gasteiger partial charge in [-0.05, 0) is 54.2 Å². The molecule has 5 heteroatoms. The van der Waals surface area contributed by atoms with Gasteiger partial charge < -0.3 is 10.4 Å². The highest BCUT2D eigenvalue weighted by molar-refractivity contribution is 5.90. The van der Waals surface area contributed by atoms with Crippen molar-refractivity contribution in [3.05, 3.63) is 65.5 Å². The molecule has 0 saturated heterocycles. The molecule has 0 aromatic heterocycles. The van der Waals surface area contributed by atoms with Crippen molar-refractivity contribution in [1.29, 1.82) is 0 Å². The van der Waals surface area contributed by atoms with E-state index in [9.17, 15) is 14.0 Å². The van der Waals surface area contributed by atoms with Crippen molar-refractivity contribution in [3.8, 4) is 0 Å². The van der Waals surface area contributed by atoms with Crippen LogP contribution in [0.4, 0.5) is 10.1 Å². The first kappa shape index (κ1) is 18.6. The van der Waals surface area contributed by atoms with Gasteiger partial charge in [0.1, 0.15) is 5.82 Å². The van der Waals surface area contributed by atoms with Gasteiger partial charge in [-0.1, -0.05) is 31.2 Å². The summed E-state index contributed by atoms with van der Waals surface area (Å²) in [6.45, 7) is 1.96. The lowest BCUT2D eigenvalue weighted by Gasteiger charge is -2.12. The van der Waals surface area contributed by atoms with Crippen LogP contribution < -0.4 is 5.32 Å². The molecule has 2 aromatic carbocycles. The first-order valence-electron chi connectivity index (χ1n) is 8.27. The Morgan fingerprint density at radius 1 is 1.12 bits per heavy atom. The molecule has 0 aliphatic carbocycles. The summed E-state index contributed by atoms with van der Waals surface area (Å²) in [5, 5.41) is 11.5. The van der Waals surface area contributed by atoms with Gasteiger partial charge in [-0.25, -0.2) is 4.39 Å². The maximum absolute atomic E-state index is 13.2. The fourth-order valence-corrected chi connectivity index (χ4v) is 2.67. The van der Waals surface area contributed by atoms with Crippen molar-refractivity contribution in [2.45, 2.75) is 32.6 Å². The van der Waals surface area contributed by atoms with Crippen molar-refractivity contribution in [2.24, 2.45) is 5.92 Å². The summed E-state index contributed by atoms with van der Waals surface area (Å²) in [5.74, 6) is -1.10. The summed E-state index contributed by atoms with van der Waals surface area (Å²) in [6, 6.07) is 13.6. The van der Waals surface area contributed by atoms with E-state index in [2.05, 4.69) is 5.32 Å². The van der Waals surface area contributed by atoms with Crippen molar-refractivity contribution in [3.63, 3.8) is 0 Å². The number of carbonyl (C=O) groups excluding carboxylic acids is 1. The number of benzene rings is 2. The largest absolute Gasteiger partial charge is 0.481 e. The van der Waals surface area contributed by atoms with E-state index < -0.39 is 5.97 Å². The SMILES string of the molecule is CC(CC(=O)Nc1ccc(CCC(=O)O)cc1)Cc1cccc(F)c1. The average molecular weight is 343 g/mol. The standard InChI is InChI=1S/C20H22FNO3/c1-14(11-16-3-2-4-17(21)13-16)12-19(23)22-18-8-5-15(6-9-18)7-10-20(24)25/h2-6,8-9,13-14H,7,10-12H2,1H3,(H,22,23)(H,24,25). The lowest BCUT2D eigenvalue weighted by Crippen LogP contribution is -2.16. The van der Waals surface area contributed by atoms with E-state index in [-0.39, 0.29) is 24.1 Å². The number of aryl methyl sites for hydroxylation is 1. The van der Waals surface area contributed by atoms with E-state index >= 15 is 0 Å². The molecule has 0 fully saturated rings. The van der Waals surface area contributed by atoms with Crippen molar-refractivity contribution in [2.75, 3.05) is 5.32 Å². The van der Waals surface area contributed by atoms with E-state index in [0.717, 1.165) is 11.1 Å². The number of halogens is 1. The van der Waals surface area contributed by atoms with Crippen molar-refractivity contribution >= 4 is 17.6 Å². The normalized spacial score (nSPS) is 11.8. The smallest absolute Gasteiger partial charge is 0.303 e. The lowest BCUT2D eigenvalue weighted by atomic mass is 9.97. The van der Waals surface area contributed by atoms with Crippen LogP contribution in [0.5, 0.6) is 0 Å². The van der Waals surface area contributed by atoms with Crippen LogP contribution in [0.1, 0.15) is 30.9 Å². The van der Waals surface area contributed by atoms with Gasteiger partial charge in [-0.3, -0.25) is 9.59 Å². The number of carboxylic acids is 1. The van der Waals surface area contributed by atoms with Gasteiger partial charge in [0.15, 0.2) is 0 Å². The summed E-state index contributed by atoms with van der Waals surface area (Å²) >= 11 is 0. The fraction of sp³-hybridized carbons (Fsp3) is 0.300. The number of carbonyl (C=O) groups is 2. The van der Waals surface area contributed by atoms with E-state index in [1.807, 2.05) is 25.1 Å². The second-order valence-corrected chi connectivity index (χ2v) is 6.28. The van der Waals surface area contributed by atoms with E-state index in [1.54, 1.807) is 18.2 Å². The monoisotopic (exact) mass is 343 g/mol. The van der Waals surface area contributed by atoms with E-state index in [1.165, 1.54) is 12.1 Å².